The molecule has 10 heteroatoms. The number of azo groups is 1. The van der Waals surface area contributed by atoms with Crippen molar-refractivity contribution in [3.05, 3.63) is 121 Å². The molecule has 182 valence electrons. The third-order valence-corrected chi connectivity index (χ3v) is 4.39. The van der Waals surface area contributed by atoms with Crippen LogP contribution in [-0.4, -0.2) is 11.1 Å². The molecule has 0 saturated heterocycles. The van der Waals surface area contributed by atoms with Gasteiger partial charge in [0, 0.05) is 0 Å². The second kappa shape index (κ2) is 16.8. The van der Waals surface area contributed by atoms with Crippen molar-refractivity contribution < 1.29 is 4.79 Å². The molecule has 0 saturated carbocycles. The molecular weight excluding hydrogens is 472 g/mol. The standard InChI is InChI=1S/C13H12N4S.C12H10.CH4N4O/c18-13(16-14-11-7-3-1-4-8-11)17-15-12-9-5-2-6-10-12;1-3-7-11(8-4-1)12-9-5-2-6-10-12;2-4-1(6)5-3/h1-10,14H,(H,16,18);1-10H;2H,3H2,(H,5,6). The van der Waals surface area contributed by atoms with E-state index in [0.717, 1.165) is 11.4 Å². The molecule has 9 nitrogen and oxygen atoms in total. The third-order valence-electron chi connectivity index (χ3n) is 4.21. The summed E-state index contributed by atoms with van der Waals surface area (Å²) in [6.45, 7) is 0. The maximum atomic E-state index is 9.59. The smallest absolute Gasteiger partial charge is 0.299 e. The van der Waals surface area contributed by atoms with Crippen LogP contribution < -0.4 is 22.1 Å². The number of hydrogen-bond acceptors (Lipinski definition) is 6. The second-order valence-corrected chi connectivity index (χ2v) is 7.14. The summed E-state index contributed by atoms with van der Waals surface area (Å²) in [6, 6.07) is 39.0. The van der Waals surface area contributed by atoms with Crippen molar-refractivity contribution in [2.45, 2.75) is 0 Å². The average Bonchev–Trinajstić information content (AvgIpc) is 2.97. The quantitative estimate of drug-likeness (QED) is 0.0706. The monoisotopic (exact) mass is 498 g/mol. The Bertz CT molecular complexity index is 1170. The van der Waals surface area contributed by atoms with Gasteiger partial charge < -0.3 is 0 Å². The summed E-state index contributed by atoms with van der Waals surface area (Å²) in [5, 5.41) is 10.6. The van der Waals surface area contributed by atoms with Gasteiger partial charge in [0.05, 0.1) is 11.4 Å². The van der Waals surface area contributed by atoms with Crippen LogP contribution in [-0.2, 0) is 0 Å². The molecule has 0 aliphatic carbocycles. The van der Waals surface area contributed by atoms with Gasteiger partial charge in [0.15, 0.2) is 0 Å². The van der Waals surface area contributed by atoms with Crippen LogP contribution >= 0.6 is 12.2 Å². The minimum absolute atomic E-state index is 0.280. The van der Waals surface area contributed by atoms with E-state index in [0.29, 0.717) is 0 Å². The van der Waals surface area contributed by atoms with Crippen LogP contribution in [0.3, 0.4) is 0 Å². The zero-order valence-corrected chi connectivity index (χ0v) is 20.1. The van der Waals surface area contributed by atoms with Crippen molar-refractivity contribution in [1.29, 1.82) is 5.53 Å². The van der Waals surface area contributed by atoms with Crippen molar-refractivity contribution in [1.82, 2.24) is 10.9 Å². The van der Waals surface area contributed by atoms with Crippen LogP contribution in [0.5, 0.6) is 0 Å². The lowest BCUT2D eigenvalue weighted by molar-refractivity contribution is 0.247. The van der Waals surface area contributed by atoms with Crippen LogP contribution in [0, 0.1) is 5.53 Å². The van der Waals surface area contributed by atoms with E-state index in [1.807, 2.05) is 72.8 Å². The van der Waals surface area contributed by atoms with Crippen LogP contribution in [0.4, 0.5) is 16.2 Å². The summed E-state index contributed by atoms with van der Waals surface area (Å²) in [5.41, 5.74) is 17.5. The lowest BCUT2D eigenvalue weighted by Gasteiger charge is -2.06. The minimum atomic E-state index is -0.838. The molecule has 0 radical (unpaired) electrons. The van der Waals surface area contributed by atoms with Crippen molar-refractivity contribution in [2.24, 2.45) is 21.2 Å². The van der Waals surface area contributed by atoms with Gasteiger partial charge in [-0.1, -0.05) is 102 Å². The molecule has 0 atom stereocenters. The molecule has 0 aliphatic heterocycles. The number of amides is 2. The molecule has 0 heterocycles. The highest BCUT2D eigenvalue weighted by molar-refractivity contribution is 7.80. The lowest BCUT2D eigenvalue weighted by atomic mass is 10.1. The molecular formula is C26H26N8OS. The molecule has 6 N–H and O–H groups in total. The highest BCUT2D eigenvalue weighted by Crippen LogP contribution is 2.17. The van der Waals surface area contributed by atoms with Gasteiger partial charge in [-0.3, -0.25) is 16.3 Å². The molecule has 0 bridgehead atoms. The van der Waals surface area contributed by atoms with Crippen LogP contribution in [0.1, 0.15) is 0 Å². The molecule has 0 spiro atoms. The first-order valence-electron chi connectivity index (χ1n) is 10.7. The lowest BCUT2D eigenvalue weighted by Crippen LogP contribution is -2.26. The maximum Gasteiger partial charge on any atom is 0.373 e. The Morgan fingerprint density at radius 1 is 0.722 bits per heavy atom. The van der Waals surface area contributed by atoms with Gasteiger partial charge in [0.2, 0.25) is 5.11 Å². The van der Waals surface area contributed by atoms with Crippen molar-refractivity contribution >= 4 is 34.7 Å². The Morgan fingerprint density at radius 2 is 1.17 bits per heavy atom. The number of hydrogen-bond donors (Lipinski definition) is 5. The second-order valence-electron chi connectivity index (χ2n) is 6.75. The zero-order chi connectivity index (χ0) is 25.8. The first kappa shape index (κ1) is 27.4. The zero-order valence-electron chi connectivity index (χ0n) is 19.3. The summed E-state index contributed by atoms with van der Waals surface area (Å²) in [4.78, 5) is 9.59. The third kappa shape index (κ3) is 11.4. The van der Waals surface area contributed by atoms with E-state index in [2.05, 4.69) is 80.6 Å². The summed E-state index contributed by atoms with van der Waals surface area (Å²) in [6.07, 6.45) is 0. The number of urea groups is 1. The fourth-order valence-corrected chi connectivity index (χ4v) is 2.66. The first-order chi connectivity index (χ1) is 17.6. The van der Waals surface area contributed by atoms with Crippen LogP contribution in [0.15, 0.2) is 137 Å². The fourth-order valence-electron chi connectivity index (χ4n) is 2.56. The van der Waals surface area contributed by atoms with Crippen molar-refractivity contribution in [2.75, 3.05) is 5.43 Å². The van der Waals surface area contributed by atoms with Gasteiger partial charge in [0.1, 0.15) is 0 Å². The molecule has 0 aromatic heterocycles. The van der Waals surface area contributed by atoms with Gasteiger partial charge in [-0.15, -0.1) is 10.2 Å². The molecule has 4 aromatic rings. The number of para-hydroxylation sites is 1. The maximum absolute atomic E-state index is 9.59. The summed E-state index contributed by atoms with van der Waals surface area (Å²) in [7, 11) is 0. The van der Waals surface area contributed by atoms with Crippen LogP contribution in [0.25, 0.3) is 11.1 Å². The molecule has 4 aromatic carbocycles. The number of carbonyl (C=O) groups excluding carboxylic acids is 1. The summed E-state index contributed by atoms with van der Waals surface area (Å²) in [5.74, 6) is 4.47. The number of thiocarbonyl (C=S) groups is 1. The minimum Gasteiger partial charge on any atom is -0.299 e. The molecule has 4 rings (SSSR count). The number of anilines is 1. The summed E-state index contributed by atoms with van der Waals surface area (Å²) >= 11 is 5.02. The topological polar surface area (TPSA) is 140 Å². The highest BCUT2D eigenvalue weighted by atomic mass is 32.1. The Labute approximate surface area is 214 Å². The van der Waals surface area contributed by atoms with Crippen molar-refractivity contribution in [3.63, 3.8) is 0 Å². The van der Waals surface area contributed by atoms with E-state index in [1.165, 1.54) is 11.1 Å². The van der Waals surface area contributed by atoms with Crippen molar-refractivity contribution in [3.8, 4) is 11.1 Å². The number of rotatable bonds is 4. The normalized spacial score (nSPS) is 9.47. The predicted molar refractivity (Wildman–Crippen MR) is 147 cm³/mol. The highest BCUT2D eigenvalue weighted by Gasteiger charge is 1.93. The molecule has 0 unspecified atom stereocenters. The molecule has 2 amide bonds. The largest absolute Gasteiger partial charge is 0.373 e. The van der Waals surface area contributed by atoms with E-state index >= 15 is 0 Å². The molecule has 0 fully saturated rings. The Balaban J connectivity index is 0.000000218. The van der Waals surface area contributed by atoms with Gasteiger partial charge >= 0.3 is 6.03 Å². The number of carbonyl (C=O) groups is 1. The van der Waals surface area contributed by atoms with Gasteiger partial charge in [-0.25, -0.2) is 10.6 Å². The first-order valence-corrected chi connectivity index (χ1v) is 11.1. The SMILES string of the molecule is N=NC(=O)NN.S=C(N=Nc1ccccc1)NNc1ccccc1.c1ccc(-c2ccccc2)cc1. The fraction of sp³-hybridized carbons (Fsp3) is 0. The van der Waals surface area contributed by atoms with Crippen LogP contribution in [0.2, 0.25) is 0 Å². The van der Waals surface area contributed by atoms with Gasteiger partial charge in [-0.05, 0) is 47.6 Å². The number of nitrogens with two attached hydrogens (primary N) is 1. The van der Waals surface area contributed by atoms with E-state index in [1.54, 1.807) is 5.43 Å². The van der Waals surface area contributed by atoms with E-state index in [9.17, 15) is 4.79 Å². The van der Waals surface area contributed by atoms with Gasteiger partial charge in [-0.2, -0.15) is 5.53 Å². The van der Waals surface area contributed by atoms with Gasteiger partial charge in [0.25, 0.3) is 0 Å². The average molecular weight is 499 g/mol. The van der Waals surface area contributed by atoms with E-state index in [-0.39, 0.29) is 5.11 Å². The molecule has 0 aliphatic rings. The van der Waals surface area contributed by atoms with E-state index in [4.69, 9.17) is 17.7 Å². The Morgan fingerprint density at radius 3 is 1.58 bits per heavy atom. The Hall–Kier alpha value is -4.80. The molecule has 36 heavy (non-hydrogen) atoms. The predicted octanol–water partition coefficient (Wildman–Crippen LogP) is 6.63. The number of hydrazine groups is 2. The summed E-state index contributed by atoms with van der Waals surface area (Å²) < 4.78 is 0. The van der Waals surface area contributed by atoms with E-state index < -0.39 is 6.03 Å². The number of benzene rings is 4. The Kier molecular flexibility index (Phi) is 12.8. The number of nitrogens with zero attached hydrogens (tertiary/aromatic N) is 3. The number of nitrogens with one attached hydrogen (secondary N) is 4.